The monoisotopic (exact) mass is 479 g/mol. The number of H-pyrrole nitrogens is 1. The van der Waals surface area contributed by atoms with E-state index in [1.807, 2.05) is 54.6 Å². The van der Waals surface area contributed by atoms with Crippen LogP contribution in [0.15, 0.2) is 54.6 Å². The van der Waals surface area contributed by atoms with E-state index in [9.17, 15) is 4.79 Å². The van der Waals surface area contributed by atoms with E-state index in [1.165, 1.54) is 43.7 Å². The maximum absolute atomic E-state index is 12.8. The highest BCUT2D eigenvalue weighted by molar-refractivity contribution is 7.17. The number of benzene rings is 2. The quantitative estimate of drug-likeness (QED) is 0.299. The van der Waals surface area contributed by atoms with E-state index in [0.29, 0.717) is 9.90 Å². The fraction of sp³-hybridized carbons (Fsp3) is 0.280. The number of halogens is 1. The highest BCUT2D eigenvalue weighted by Crippen LogP contribution is 2.30. The van der Waals surface area contributed by atoms with Gasteiger partial charge in [-0.25, -0.2) is 0 Å². The molecular weight excluding hydrogens is 454 g/mol. The molecule has 1 aliphatic heterocycles. The minimum Gasteiger partial charge on any atom is -0.367 e. The normalized spacial score (nSPS) is 14.5. The molecule has 1 fully saturated rings. The lowest BCUT2D eigenvalue weighted by atomic mass is 10.1. The summed E-state index contributed by atoms with van der Waals surface area (Å²) < 4.78 is 0. The number of anilines is 2. The summed E-state index contributed by atoms with van der Waals surface area (Å²) in [6.45, 7) is 4.28. The number of nitrogens with one attached hydrogen (secondary N) is 3. The molecule has 5 rings (SSSR count). The van der Waals surface area contributed by atoms with E-state index in [-0.39, 0.29) is 5.91 Å². The molecule has 3 heterocycles. The van der Waals surface area contributed by atoms with Crippen molar-refractivity contribution in [3.63, 3.8) is 0 Å². The number of carbonyl (C=O) groups excluding carboxylic acids is 1. The van der Waals surface area contributed by atoms with Crippen molar-refractivity contribution in [1.29, 1.82) is 0 Å². The van der Waals surface area contributed by atoms with Gasteiger partial charge in [0.15, 0.2) is 5.82 Å². The Kier molecular flexibility index (Phi) is 6.62. The molecule has 0 spiro atoms. The first kappa shape index (κ1) is 21.9. The van der Waals surface area contributed by atoms with Crippen molar-refractivity contribution in [3.8, 4) is 10.4 Å². The molecule has 1 amide bonds. The third-order valence-corrected chi connectivity index (χ3v) is 7.33. The molecule has 0 radical (unpaired) electrons. The number of piperidine rings is 1. The van der Waals surface area contributed by atoms with E-state index >= 15 is 0 Å². The van der Waals surface area contributed by atoms with Crippen LogP contribution in [0, 0.1) is 0 Å². The highest BCUT2D eigenvalue weighted by Gasteiger charge is 2.13. The smallest absolute Gasteiger partial charge is 0.265 e. The van der Waals surface area contributed by atoms with Crippen molar-refractivity contribution in [2.24, 2.45) is 0 Å². The fourth-order valence-electron chi connectivity index (χ4n) is 4.17. The molecule has 1 saturated heterocycles. The van der Waals surface area contributed by atoms with Gasteiger partial charge in [-0.1, -0.05) is 30.2 Å². The number of hydrogen-bond donors (Lipinski definition) is 3. The molecule has 170 valence electrons. The number of likely N-dealkylation sites (tertiary alicyclic amines) is 1. The summed E-state index contributed by atoms with van der Waals surface area (Å²) in [6.07, 6.45) is 3.95. The maximum Gasteiger partial charge on any atom is 0.265 e. The van der Waals surface area contributed by atoms with Crippen LogP contribution in [-0.4, -0.2) is 47.2 Å². The van der Waals surface area contributed by atoms with Crippen molar-refractivity contribution in [1.82, 2.24) is 15.1 Å². The van der Waals surface area contributed by atoms with Gasteiger partial charge in [0, 0.05) is 34.1 Å². The van der Waals surface area contributed by atoms with E-state index in [0.717, 1.165) is 45.9 Å². The van der Waals surface area contributed by atoms with Gasteiger partial charge in [0.05, 0.1) is 10.4 Å². The molecule has 8 heteroatoms. The molecule has 33 heavy (non-hydrogen) atoms. The summed E-state index contributed by atoms with van der Waals surface area (Å²) in [6, 6.07) is 17.3. The van der Waals surface area contributed by atoms with Gasteiger partial charge in [-0.15, -0.1) is 11.3 Å². The van der Waals surface area contributed by atoms with Crippen molar-refractivity contribution in [2.75, 3.05) is 36.8 Å². The zero-order chi connectivity index (χ0) is 22.6. The number of aromatic amines is 1. The molecule has 0 bridgehead atoms. The van der Waals surface area contributed by atoms with Gasteiger partial charge in [-0.05, 0) is 74.0 Å². The summed E-state index contributed by atoms with van der Waals surface area (Å²) in [7, 11) is 0. The Hall–Kier alpha value is -2.87. The predicted molar refractivity (Wildman–Crippen MR) is 138 cm³/mol. The van der Waals surface area contributed by atoms with E-state index in [1.54, 1.807) is 0 Å². The molecule has 6 nitrogen and oxygen atoms in total. The minimum absolute atomic E-state index is 0.126. The first-order valence-corrected chi connectivity index (χ1v) is 12.5. The third-order valence-electron chi connectivity index (χ3n) is 5.95. The Morgan fingerprint density at radius 3 is 2.70 bits per heavy atom. The number of aromatic nitrogens is 2. The lowest BCUT2D eigenvalue weighted by Crippen LogP contribution is -2.33. The Morgan fingerprint density at radius 2 is 1.88 bits per heavy atom. The molecule has 1 aliphatic rings. The first-order chi connectivity index (χ1) is 16.2. The predicted octanol–water partition coefficient (Wildman–Crippen LogP) is 6.09. The Bertz CT molecular complexity index is 1240. The summed E-state index contributed by atoms with van der Waals surface area (Å²) >= 11 is 7.43. The molecule has 2 aromatic heterocycles. The van der Waals surface area contributed by atoms with Gasteiger partial charge >= 0.3 is 0 Å². The SMILES string of the molecule is O=C(Nc1ccc2c(NCCN3CCCCC3)n[nH]c2c1)c1ccc(-c2ccc(Cl)cc2)s1. The van der Waals surface area contributed by atoms with Gasteiger partial charge in [0.1, 0.15) is 0 Å². The average Bonchev–Trinajstić information content (AvgIpc) is 3.48. The van der Waals surface area contributed by atoms with Crippen molar-refractivity contribution in [3.05, 3.63) is 64.5 Å². The summed E-state index contributed by atoms with van der Waals surface area (Å²) in [5.74, 6) is 0.727. The lowest BCUT2D eigenvalue weighted by Gasteiger charge is -2.26. The largest absolute Gasteiger partial charge is 0.367 e. The number of fused-ring (bicyclic) bond motifs is 1. The van der Waals surface area contributed by atoms with Crippen molar-refractivity contribution < 1.29 is 4.79 Å². The van der Waals surface area contributed by atoms with Crippen LogP contribution in [0.4, 0.5) is 11.5 Å². The molecule has 0 saturated carbocycles. The fourth-order valence-corrected chi connectivity index (χ4v) is 5.20. The van der Waals surface area contributed by atoms with Crippen LogP contribution >= 0.6 is 22.9 Å². The standard InChI is InChI=1S/C25H26ClN5OS/c26-18-6-4-17(5-7-18)22-10-11-23(33-22)25(32)28-19-8-9-20-21(16-19)29-30-24(20)27-12-15-31-13-2-1-3-14-31/h4-11,16H,1-3,12-15H2,(H,28,32)(H2,27,29,30). The van der Waals surface area contributed by atoms with Crippen LogP contribution in [0.5, 0.6) is 0 Å². The maximum atomic E-state index is 12.8. The lowest BCUT2D eigenvalue weighted by molar-refractivity contribution is 0.103. The van der Waals surface area contributed by atoms with Crippen LogP contribution in [0.25, 0.3) is 21.3 Å². The molecular formula is C25H26ClN5OS. The van der Waals surface area contributed by atoms with Crippen LogP contribution in [0.1, 0.15) is 28.9 Å². The number of hydrogen-bond acceptors (Lipinski definition) is 5. The van der Waals surface area contributed by atoms with Gasteiger partial charge in [-0.2, -0.15) is 5.10 Å². The van der Waals surface area contributed by atoms with Gasteiger partial charge in [-0.3, -0.25) is 9.89 Å². The molecule has 0 unspecified atom stereocenters. The van der Waals surface area contributed by atoms with E-state index in [2.05, 4.69) is 25.7 Å². The van der Waals surface area contributed by atoms with E-state index < -0.39 is 0 Å². The molecule has 0 atom stereocenters. The molecule has 2 aromatic carbocycles. The van der Waals surface area contributed by atoms with Crippen LogP contribution in [0.3, 0.4) is 0 Å². The minimum atomic E-state index is -0.126. The number of carbonyl (C=O) groups is 1. The highest BCUT2D eigenvalue weighted by atomic mass is 35.5. The molecule has 4 aromatic rings. The summed E-state index contributed by atoms with van der Waals surface area (Å²) in [5.41, 5.74) is 2.67. The summed E-state index contributed by atoms with van der Waals surface area (Å²) in [5, 5.41) is 15.7. The van der Waals surface area contributed by atoms with Crippen LogP contribution in [0.2, 0.25) is 5.02 Å². The summed E-state index contributed by atoms with van der Waals surface area (Å²) in [4.78, 5) is 17.0. The van der Waals surface area contributed by atoms with Gasteiger partial charge < -0.3 is 15.5 Å². The zero-order valence-corrected chi connectivity index (χ0v) is 19.8. The molecule has 0 aliphatic carbocycles. The second-order valence-electron chi connectivity index (χ2n) is 8.29. The topological polar surface area (TPSA) is 73.1 Å². The van der Waals surface area contributed by atoms with Crippen LogP contribution < -0.4 is 10.6 Å². The van der Waals surface area contributed by atoms with Gasteiger partial charge in [0.2, 0.25) is 0 Å². The van der Waals surface area contributed by atoms with E-state index in [4.69, 9.17) is 11.6 Å². The Morgan fingerprint density at radius 1 is 1.06 bits per heavy atom. The second-order valence-corrected chi connectivity index (χ2v) is 9.81. The number of thiophene rings is 1. The first-order valence-electron chi connectivity index (χ1n) is 11.3. The molecule has 3 N–H and O–H groups in total. The third kappa shape index (κ3) is 5.21. The number of rotatable bonds is 7. The second kappa shape index (κ2) is 9.95. The van der Waals surface area contributed by atoms with Crippen molar-refractivity contribution in [2.45, 2.75) is 19.3 Å². The Balaban J connectivity index is 1.21. The number of nitrogens with zero attached hydrogens (tertiary/aromatic N) is 2. The van der Waals surface area contributed by atoms with Gasteiger partial charge in [0.25, 0.3) is 5.91 Å². The average molecular weight is 480 g/mol. The number of amides is 1. The zero-order valence-electron chi connectivity index (χ0n) is 18.2. The Labute approximate surface area is 202 Å². The van der Waals surface area contributed by atoms with Crippen LogP contribution in [-0.2, 0) is 0 Å². The van der Waals surface area contributed by atoms with Crippen molar-refractivity contribution >= 4 is 51.3 Å².